The lowest BCUT2D eigenvalue weighted by atomic mass is 9.45. The van der Waals surface area contributed by atoms with Gasteiger partial charge in [0.15, 0.2) is 0 Å². The van der Waals surface area contributed by atoms with Crippen molar-refractivity contribution in [1.82, 2.24) is 0 Å². The predicted octanol–water partition coefficient (Wildman–Crippen LogP) is 5.68. The van der Waals surface area contributed by atoms with E-state index in [2.05, 4.69) is 39.5 Å². The Balaban J connectivity index is 1.83. The van der Waals surface area contributed by atoms with Crippen LogP contribution in [0, 0.1) is 34.0 Å². The van der Waals surface area contributed by atoms with E-state index in [-0.39, 0.29) is 28.3 Å². The van der Waals surface area contributed by atoms with Gasteiger partial charge in [-0.1, -0.05) is 52.3 Å². The van der Waals surface area contributed by atoms with Gasteiger partial charge in [-0.15, -0.1) is 6.58 Å². The molecule has 3 nitrogen and oxygen atoms in total. The third-order valence-corrected chi connectivity index (χ3v) is 8.12. The smallest absolute Gasteiger partial charge is 0.306 e. The van der Waals surface area contributed by atoms with Crippen molar-refractivity contribution in [3.05, 3.63) is 24.3 Å². The van der Waals surface area contributed by atoms with Crippen LogP contribution in [0.4, 0.5) is 0 Å². The van der Waals surface area contributed by atoms with Crippen molar-refractivity contribution in [1.29, 1.82) is 0 Å². The molecule has 0 spiro atoms. The summed E-state index contributed by atoms with van der Waals surface area (Å²) in [6, 6.07) is 0. The second kappa shape index (κ2) is 7.63. The quantitative estimate of drug-likeness (QED) is 0.487. The number of rotatable bonds is 5. The summed E-state index contributed by atoms with van der Waals surface area (Å²) < 4.78 is 5.74. The van der Waals surface area contributed by atoms with Crippen LogP contribution in [-0.4, -0.2) is 23.8 Å². The van der Waals surface area contributed by atoms with Gasteiger partial charge in [-0.3, -0.25) is 4.79 Å². The molecule has 0 aromatic carbocycles. The molecule has 0 heterocycles. The third-order valence-electron chi connectivity index (χ3n) is 8.12. The summed E-state index contributed by atoms with van der Waals surface area (Å²) >= 11 is 0. The van der Waals surface area contributed by atoms with Crippen LogP contribution in [0.2, 0.25) is 0 Å². The molecule has 3 aliphatic carbocycles. The van der Waals surface area contributed by atoms with Crippen molar-refractivity contribution < 1.29 is 14.6 Å². The molecule has 0 aromatic heterocycles. The van der Waals surface area contributed by atoms with E-state index in [1.165, 1.54) is 0 Å². The molecule has 0 aromatic rings. The van der Waals surface area contributed by atoms with E-state index in [1.807, 2.05) is 13.8 Å². The van der Waals surface area contributed by atoms with Gasteiger partial charge in [-0.05, 0) is 67.1 Å². The first-order valence-electron chi connectivity index (χ1n) is 11.2. The minimum absolute atomic E-state index is 0.0729. The molecule has 2 fully saturated rings. The fourth-order valence-electron chi connectivity index (χ4n) is 6.68. The number of carbonyl (C=O) groups excluding carboxylic acids is 1. The van der Waals surface area contributed by atoms with Crippen LogP contribution in [0.1, 0.15) is 79.6 Å². The van der Waals surface area contributed by atoms with Gasteiger partial charge < -0.3 is 9.84 Å². The highest BCUT2D eigenvalue weighted by molar-refractivity contribution is 5.69. The lowest BCUT2D eigenvalue weighted by Crippen LogP contribution is -2.56. The Morgan fingerprint density at radius 2 is 2.07 bits per heavy atom. The minimum Gasteiger partial charge on any atom is -0.465 e. The number of carbonyl (C=O) groups is 1. The summed E-state index contributed by atoms with van der Waals surface area (Å²) in [7, 11) is 0. The van der Waals surface area contributed by atoms with E-state index in [0.29, 0.717) is 30.8 Å². The molecule has 0 amide bonds. The topological polar surface area (TPSA) is 46.5 Å². The molecule has 0 radical (unpaired) electrons. The largest absolute Gasteiger partial charge is 0.465 e. The molecule has 0 bridgehead atoms. The Morgan fingerprint density at radius 3 is 2.71 bits per heavy atom. The van der Waals surface area contributed by atoms with E-state index in [4.69, 9.17) is 4.74 Å². The van der Waals surface area contributed by atoms with E-state index >= 15 is 0 Å². The van der Waals surface area contributed by atoms with Crippen LogP contribution in [0.25, 0.3) is 0 Å². The Morgan fingerprint density at radius 1 is 1.36 bits per heavy atom. The van der Waals surface area contributed by atoms with Crippen molar-refractivity contribution in [3.8, 4) is 0 Å². The second-order valence-electron chi connectivity index (χ2n) is 11.2. The zero-order chi connectivity index (χ0) is 20.7. The molecule has 6 unspecified atom stereocenters. The maximum atomic E-state index is 12.2. The van der Waals surface area contributed by atoms with Crippen LogP contribution >= 0.6 is 0 Å². The number of aliphatic hydroxyl groups excluding tert-OH is 1. The molecule has 1 N–H and O–H groups in total. The maximum Gasteiger partial charge on any atom is 0.306 e. The molecular weight excluding hydrogens is 348 g/mol. The van der Waals surface area contributed by atoms with Gasteiger partial charge in [0.05, 0.1) is 12.7 Å². The summed E-state index contributed by atoms with van der Waals surface area (Å²) in [6.07, 6.45) is 10.8. The van der Waals surface area contributed by atoms with Gasteiger partial charge in [-0.2, -0.15) is 0 Å². The first-order valence-corrected chi connectivity index (χ1v) is 11.2. The van der Waals surface area contributed by atoms with Gasteiger partial charge in [0, 0.05) is 11.8 Å². The molecular formula is C25H40O3. The number of hydrogen-bond acceptors (Lipinski definition) is 3. The van der Waals surface area contributed by atoms with Crippen molar-refractivity contribution >= 4 is 5.97 Å². The summed E-state index contributed by atoms with van der Waals surface area (Å²) in [5.41, 5.74) is 1.68. The van der Waals surface area contributed by atoms with Crippen molar-refractivity contribution in [2.45, 2.75) is 85.7 Å². The summed E-state index contributed by atoms with van der Waals surface area (Å²) in [5.74, 6) is 1.17. The molecule has 28 heavy (non-hydrogen) atoms. The average molecular weight is 389 g/mol. The van der Waals surface area contributed by atoms with E-state index in [0.717, 1.165) is 38.5 Å². The lowest BCUT2D eigenvalue weighted by Gasteiger charge is -2.60. The lowest BCUT2D eigenvalue weighted by molar-refractivity contribution is -0.162. The number of ether oxygens (including phenoxy) is 1. The normalized spacial score (nSPS) is 43.0. The molecule has 3 heteroatoms. The highest BCUT2D eigenvalue weighted by Crippen LogP contribution is 2.63. The SMILES string of the molecule is C=CC1(C)CCC2C(=CCC3C(C)(COC(=O)CC(C)C)CC(O)CC23C)C1. The highest BCUT2D eigenvalue weighted by Gasteiger charge is 2.57. The first kappa shape index (κ1) is 21.6. The van der Waals surface area contributed by atoms with Crippen LogP contribution in [0.3, 0.4) is 0 Å². The molecule has 158 valence electrons. The number of esters is 1. The highest BCUT2D eigenvalue weighted by atomic mass is 16.5. The fourth-order valence-corrected chi connectivity index (χ4v) is 6.68. The minimum atomic E-state index is -0.317. The fraction of sp³-hybridized carbons (Fsp3) is 0.800. The van der Waals surface area contributed by atoms with Crippen molar-refractivity contribution in [2.24, 2.45) is 34.0 Å². The van der Waals surface area contributed by atoms with Crippen LogP contribution < -0.4 is 0 Å². The first-order chi connectivity index (χ1) is 13.0. The van der Waals surface area contributed by atoms with Gasteiger partial charge in [0.25, 0.3) is 0 Å². The molecule has 6 atom stereocenters. The second-order valence-corrected chi connectivity index (χ2v) is 11.2. The van der Waals surface area contributed by atoms with Crippen LogP contribution in [-0.2, 0) is 9.53 Å². The standard InChI is InChI=1S/C25H40O3/c1-7-23(4)11-10-20-18(13-23)8-9-21-24(5,14-19(26)15-25(20,21)6)16-28-22(27)12-17(2)3/h7-8,17,19-21,26H,1,9-16H2,2-6H3. The van der Waals surface area contributed by atoms with Crippen molar-refractivity contribution in [2.75, 3.05) is 6.61 Å². The number of hydrogen-bond donors (Lipinski definition) is 1. The van der Waals surface area contributed by atoms with E-state index in [9.17, 15) is 9.90 Å². The maximum absolute atomic E-state index is 12.2. The Kier molecular flexibility index (Phi) is 5.89. The monoisotopic (exact) mass is 388 g/mol. The number of aliphatic hydroxyl groups is 1. The van der Waals surface area contributed by atoms with Crippen molar-refractivity contribution in [3.63, 3.8) is 0 Å². The summed E-state index contributed by atoms with van der Waals surface area (Å²) in [4.78, 5) is 12.2. The predicted molar refractivity (Wildman–Crippen MR) is 114 cm³/mol. The van der Waals surface area contributed by atoms with E-state index in [1.54, 1.807) is 5.57 Å². The average Bonchev–Trinajstić information content (AvgIpc) is 2.58. The van der Waals surface area contributed by atoms with Crippen LogP contribution in [0.5, 0.6) is 0 Å². The third kappa shape index (κ3) is 3.97. The Labute approximate surface area is 171 Å². The number of fused-ring (bicyclic) bond motifs is 3. The van der Waals surface area contributed by atoms with Gasteiger partial charge in [0.1, 0.15) is 0 Å². The molecule has 0 saturated heterocycles. The summed E-state index contributed by atoms with van der Waals surface area (Å²) in [5, 5.41) is 10.8. The van der Waals surface area contributed by atoms with Crippen LogP contribution in [0.15, 0.2) is 24.3 Å². The Hall–Kier alpha value is -1.09. The molecule has 0 aliphatic heterocycles. The number of allylic oxidation sites excluding steroid dienone is 3. The Bertz CT molecular complexity index is 650. The van der Waals surface area contributed by atoms with Gasteiger partial charge in [0.2, 0.25) is 0 Å². The van der Waals surface area contributed by atoms with Gasteiger partial charge in [-0.25, -0.2) is 0 Å². The summed E-state index contributed by atoms with van der Waals surface area (Å²) in [6.45, 7) is 15.5. The molecule has 3 aliphatic rings. The van der Waals surface area contributed by atoms with E-state index < -0.39 is 0 Å². The zero-order valence-electron chi connectivity index (χ0n) is 18.6. The zero-order valence-corrected chi connectivity index (χ0v) is 18.6. The van der Waals surface area contributed by atoms with Gasteiger partial charge >= 0.3 is 5.97 Å². The molecule has 2 saturated carbocycles. The molecule has 3 rings (SSSR count).